The van der Waals surface area contributed by atoms with E-state index in [4.69, 9.17) is 0 Å². The van der Waals surface area contributed by atoms with E-state index in [1.165, 1.54) is 13.0 Å². The van der Waals surface area contributed by atoms with Gasteiger partial charge in [-0.25, -0.2) is 4.79 Å². The Morgan fingerprint density at radius 3 is 2.42 bits per heavy atom. The van der Waals surface area contributed by atoms with Crippen molar-refractivity contribution in [3.05, 3.63) is 54.6 Å². The van der Waals surface area contributed by atoms with Crippen molar-refractivity contribution in [2.75, 3.05) is 0 Å². The Balaban J connectivity index is 2.55. The first-order chi connectivity index (χ1) is 8.92. The Morgan fingerprint density at radius 1 is 1.11 bits per heavy atom. The summed E-state index contributed by atoms with van der Waals surface area (Å²) in [6.45, 7) is 4.75. The van der Waals surface area contributed by atoms with Crippen LogP contribution in [0.15, 0.2) is 59.5 Å². The highest BCUT2D eigenvalue weighted by Crippen LogP contribution is 2.24. The average Bonchev–Trinajstić information content (AvgIpc) is 2.37. The number of carbonyl (C=O) groups excluding carboxylic acids is 1. The minimum Gasteiger partial charge on any atom is -0.338 e. The topological polar surface area (TPSA) is 60.4 Å². The van der Waals surface area contributed by atoms with Crippen LogP contribution in [-0.2, 0) is 19.1 Å². The second kappa shape index (κ2) is 4.85. The monoisotopic (exact) mass is 276 g/mol. The number of carbonyl (C=O) groups is 1. The zero-order chi connectivity index (χ0) is 14.0. The van der Waals surface area contributed by atoms with Gasteiger partial charge in [0.05, 0.1) is 0 Å². The quantitative estimate of drug-likeness (QED) is 0.638. The van der Waals surface area contributed by atoms with E-state index in [9.17, 15) is 13.2 Å². The molecule has 0 N–H and O–H groups in total. The van der Waals surface area contributed by atoms with Crippen molar-refractivity contribution in [1.29, 1.82) is 0 Å². The van der Waals surface area contributed by atoms with Crippen molar-refractivity contribution >= 4 is 26.9 Å². The SMILES string of the molecule is C=C(C)C(=O)OS(=O)(=O)c1cccc2ccccc12. The molecule has 0 heterocycles. The van der Waals surface area contributed by atoms with Crippen molar-refractivity contribution in [3.63, 3.8) is 0 Å². The highest BCUT2D eigenvalue weighted by atomic mass is 32.2. The van der Waals surface area contributed by atoms with Gasteiger partial charge >= 0.3 is 16.1 Å². The molecule has 0 atom stereocenters. The second-order valence-corrected chi connectivity index (χ2v) is 5.60. The normalized spacial score (nSPS) is 11.2. The van der Waals surface area contributed by atoms with Gasteiger partial charge in [0.2, 0.25) is 0 Å². The summed E-state index contributed by atoms with van der Waals surface area (Å²) in [5.74, 6) is -0.951. The minimum atomic E-state index is -4.14. The van der Waals surface area contributed by atoms with E-state index in [2.05, 4.69) is 10.8 Å². The van der Waals surface area contributed by atoms with E-state index >= 15 is 0 Å². The molecule has 0 aromatic heterocycles. The molecule has 0 saturated heterocycles. The molecule has 4 nitrogen and oxygen atoms in total. The minimum absolute atomic E-state index is 0.0276. The predicted molar refractivity (Wildman–Crippen MR) is 72.0 cm³/mol. The fraction of sp³-hybridized carbons (Fsp3) is 0.0714. The van der Waals surface area contributed by atoms with E-state index < -0.39 is 16.1 Å². The molecule has 0 aliphatic carbocycles. The summed E-state index contributed by atoms with van der Waals surface area (Å²) in [5, 5.41) is 1.27. The Bertz CT molecular complexity index is 755. The predicted octanol–water partition coefficient (Wildman–Crippen LogP) is 2.65. The first-order valence-corrected chi connectivity index (χ1v) is 6.95. The molecule has 0 aliphatic heterocycles. The van der Waals surface area contributed by atoms with E-state index in [0.29, 0.717) is 5.39 Å². The molecule has 0 fully saturated rings. The maximum atomic E-state index is 12.1. The van der Waals surface area contributed by atoms with Gasteiger partial charge in [-0.05, 0) is 18.4 Å². The summed E-state index contributed by atoms with van der Waals surface area (Å²) >= 11 is 0. The van der Waals surface area contributed by atoms with E-state index in [1.807, 2.05) is 0 Å². The molecule has 0 saturated carbocycles. The number of benzene rings is 2. The molecule has 19 heavy (non-hydrogen) atoms. The van der Waals surface area contributed by atoms with Crippen LogP contribution in [0.25, 0.3) is 10.8 Å². The second-order valence-electron chi connectivity index (χ2n) is 4.08. The standard InChI is InChI=1S/C14H12O4S/c1-10(2)14(15)18-19(16,17)13-9-5-7-11-6-3-4-8-12(11)13/h3-9H,1H2,2H3. The first kappa shape index (κ1) is 13.3. The molecule has 5 heteroatoms. The molecule has 0 unspecified atom stereocenters. The zero-order valence-corrected chi connectivity index (χ0v) is 11.1. The number of fused-ring (bicyclic) bond motifs is 1. The molecular weight excluding hydrogens is 264 g/mol. The summed E-state index contributed by atoms with van der Waals surface area (Å²) < 4.78 is 28.7. The summed E-state index contributed by atoms with van der Waals surface area (Å²) in [4.78, 5) is 11.3. The molecule has 2 aromatic rings. The van der Waals surface area contributed by atoms with Gasteiger partial charge in [-0.15, -0.1) is 0 Å². The Morgan fingerprint density at radius 2 is 1.74 bits per heavy atom. The lowest BCUT2D eigenvalue weighted by molar-refractivity contribution is -0.129. The van der Waals surface area contributed by atoms with Crippen LogP contribution in [0, 0.1) is 0 Å². The van der Waals surface area contributed by atoms with Crippen LogP contribution in [0.2, 0.25) is 0 Å². The van der Waals surface area contributed by atoms with E-state index in [-0.39, 0.29) is 10.5 Å². The lowest BCUT2D eigenvalue weighted by atomic mass is 10.1. The average molecular weight is 276 g/mol. The van der Waals surface area contributed by atoms with Crippen LogP contribution < -0.4 is 0 Å². The van der Waals surface area contributed by atoms with Gasteiger partial charge < -0.3 is 4.18 Å². The molecule has 0 aliphatic rings. The Hall–Kier alpha value is -2.14. The van der Waals surface area contributed by atoms with Crippen molar-refractivity contribution < 1.29 is 17.4 Å². The first-order valence-electron chi connectivity index (χ1n) is 5.54. The summed E-state index contributed by atoms with van der Waals surface area (Å²) in [6, 6.07) is 11.8. The van der Waals surface area contributed by atoms with Crippen molar-refractivity contribution in [2.45, 2.75) is 11.8 Å². The van der Waals surface area contributed by atoms with Gasteiger partial charge in [0.1, 0.15) is 4.90 Å². The summed E-state index contributed by atoms with van der Waals surface area (Å²) in [6.07, 6.45) is 0. The van der Waals surface area contributed by atoms with Crippen molar-refractivity contribution in [1.82, 2.24) is 0 Å². The number of hydrogen-bond donors (Lipinski definition) is 0. The third-order valence-corrected chi connectivity index (χ3v) is 3.82. The van der Waals surface area contributed by atoms with Crippen LogP contribution >= 0.6 is 0 Å². The molecule has 2 rings (SSSR count). The van der Waals surface area contributed by atoms with Gasteiger partial charge in [0.15, 0.2) is 0 Å². The smallest absolute Gasteiger partial charge is 0.338 e. The zero-order valence-electron chi connectivity index (χ0n) is 10.3. The third-order valence-electron chi connectivity index (χ3n) is 2.55. The molecule has 0 amide bonds. The van der Waals surface area contributed by atoms with Crippen LogP contribution in [0.4, 0.5) is 0 Å². The van der Waals surface area contributed by atoms with Gasteiger partial charge in [-0.2, -0.15) is 8.42 Å². The van der Waals surface area contributed by atoms with Crippen molar-refractivity contribution in [3.8, 4) is 0 Å². The van der Waals surface area contributed by atoms with Gasteiger partial charge in [0.25, 0.3) is 0 Å². The molecular formula is C14H12O4S. The Labute approximate surface area is 111 Å². The highest BCUT2D eigenvalue weighted by Gasteiger charge is 2.22. The lowest BCUT2D eigenvalue weighted by Gasteiger charge is -2.08. The van der Waals surface area contributed by atoms with Crippen LogP contribution in [0.3, 0.4) is 0 Å². The summed E-state index contributed by atoms with van der Waals surface area (Å²) in [7, 11) is -4.14. The molecule has 0 bridgehead atoms. The van der Waals surface area contributed by atoms with E-state index in [1.54, 1.807) is 36.4 Å². The highest BCUT2D eigenvalue weighted by molar-refractivity contribution is 7.87. The Kier molecular flexibility index (Phi) is 3.40. The van der Waals surface area contributed by atoms with Gasteiger partial charge in [-0.1, -0.05) is 43.0 Å². The van der Waals surface area contributed by atoms with Crippen LogP contribution in [0.5, 0.6) is 0 Å². The molecule has 98 valence electrons. The van der Waals surface area contributed by atoms with Crippen molar-refractivity contribution in [2.24, 2.45) is 0 Å². The van der Waals surface area contributed by atoms with Gasteiger partial charge in [-0.3, -0.25) is 0 Å². The summed E-state index contributed by atoms with van der Waals surface area (Å²) in [5.41, 5.74) is 0.0313. The van der Waals surface area contributed by atoms with E-state index in [0.717, 1.165) is 5.39 Å². The molecule has 0 spiro atoms. The number of rotatable bonds is 3. The van der Waals surface area contributed by atoms with Gasteiger partial charge in [0, 0.05) is 11.0 Å². The molecule has 2 aromatic carbocycles. The maximum absolute atomic E-state index is 12.1. The fourth-order valence-electron chi connectivity index (χ4n) is 1.63. The van der Waals surface area contributed by atoms with Crippen LogP contribution in [0.1, 0.15) is 6.92 Å². The lowest BCUT2D eigenvalue weighted by Crippen LogP contribution is -2.14. The number of hydrogen-bond acceptors (Lipinski definition) is 4. The largest absolute Gasteiger partial charge is 0.349 e. The van der Waals surface area contributed by atoms with Crippen LogP contribution in [-0.4, -0.2) is 14.4 Å². The fourth-order valence-corrected chi connectivity index (χ4v) is 2.76. The maximum Gasteiger partial charge on any atom is 0.349 e. The molecule has 0 radical (unpaired) electrons. The third kappa shape index (κ3) is 2.66.